The third-order valence-electron chi connectivity index (χ3n) is 1.81. The molecule has 0 atom stereocenters. The molecule has 17 heavy (non-hydrogen) atoms. The average Bonchev–Trinajstić information content (AvgIpc) is 2.14. The van der Waals surface area contributed by atoms with E-state index in [9.17, 15) is 18.0 Å². The highest BCUT2D eigenvalue weighted by molar-refractivity contribution is 9.10. The summed E-state index contributed by atoms with van der Waals surface area (Å²) in [6.45, 7) is 0. The molecule has 0 saturated carbocycles. The topological polar surface area (TPSA) is 129 Å². The lowest BCUT2D eigenvalue weighted by atomic mass is 10.1. The molecular formula is C8H5BrO7S. The lowest BCUT2D eigenvalue weighted by molar-refractivity contribution is 0.0651. The number of carboxylic acids is 2. The Balaban J connectivity index is 3.69. The Kier molecular flexibility index (Phi) is 3.55. The predicted octanol–water partition coefficient (Wildman–Crippen LogP) is 1.09. The molecule has 0 heterocycles. The Hall–Kier alpha value is -1.45. The second kappa shape index (κ2) is 4.43. The maximum Gasteiger partial charge on any atom is 0.336 e. The summed E-state index contributed by atoms with van der Waals surface area (Å²) in [5.74, 6) is -3.13. The maximum atomic E-state index is 10.9. The number of carboxylic acid groups (broad SMARTS) is 2. The standard InChI is InChI=1S/C8H5BrO7S/c9-5-1-3(7(10)11)4(8(12)13)2-6(5)17(14,15)16/h1-2H,(H,10,11)(H,12,13)(H,14,15,16). The van der Waals surface area contributed by atoms with E-state index in [1.165, 1.54) is 0 Å². The van der Waals surface area contributed by atoms with Crippen molar-refractivity contribution in [2.45, 2.75) is 4.90 Å². The highest BCUT2D eigenvalue weighted by Gasteiger charge is 2.23. The second-order valence-electron chi connectivity index (χ2n) is 2.91. The maximum absolute atomic E-state index is 10.9. The van der Waals surface area contributed by atoms with Gasteiger partial charge in [-0.3, -0.25) is 4.55 Å². The van der Waals surface area contributed by atoms with Crippen LogP contribution in [0.15, 0.2) is 21.5 Å². The fourth-order valence-corrected chi connectivity index (χ4v) is 2.63. The zero-order valence-electron chi connectivity index (χ0n) is 7.92. The van der Waals surface area contributed by atoms with Crippen molar-refractivity contribution in [3.8, 4) is 0 Å². The van der Waals surface area contributed by atoms with Crippen LogP contribution in [0.4, 0.5) is 0 Å². The molecule has 1 aromatic rings. The van der Waals surface area contributed by atoms with Crippen molar-refractivity contribution in [1.82, 2.24) is 0 Å². The van der Waals surface area contributed by atoms with Crippen molar-refractivity contribution in [2.75, 3.05) is 0 Å². The smallest absolute Gasteiger partial charge is 0.336 e. The van der Waals surface area contributed by atoms with Crippen LogP contribution in [-0.4, -0.2) is 35.1 Å². The van der Waals surface area contributed by atoms with Crippen LogP contribution in [0.25, 0.3) is 0 Å². The summed E-state index contributed by atoms with van der Waals surface area (Å²) in [5, 5.41) is 17.5. The third-order valence-corrected chi connectivity index (χ3v) is 3.62. The highest BCUT2D eigenvalue weighted by atomic mass is 79.9. The van der Waals surface area contributed by atoms with Gasteiger partial charge in [0.1, 0.15) is 4.90 Å². The van der Waals surface area contributed by atoms with E-state index >= 15 is 0 Å². The minimum absolute atomic E-state index is 0.234. The summed E-state index contributed by atoms with van der Waals surface area (Å²) in [6.07, 6.45) is 0. The van der Waals surface area contributed by atoms with Crippen molar-refractivity contribution < 1.29 is 32.8 Å². The van der Waals surface area contributed by atoms with Crippen molar-refractivity contribution in [2.24, 2.45) is 0 Å². The van der Waals surface area contributed by atoms with Crippen molar-refractivity contribution in [3.05, 3.63) is 27.7 Å². The molecule has 7 nitrogen and oxygen atoms in total. The number of rotatable bonds is 3. The number of halogens is 1. The van der Waals surface area contributed by atoms with Gasteiger partial charge in [0.2, 0.25) is 0 Å². The van der Waals surface area contributed by atoms with Crippen molar-refractivity contribution in [1.29, 1.82) is 0 Å². The molecule has 0 spiro atoms. The van der Waals surface area contributed by atoms with Gasteiger partial charge in [-0.15, -0.1) is 0 Å². The molecule has 0 saturated heterocycles. The zero-order valence-corrected chi connectivity index (χ0v) is 10.3. The van der Waals surface area contributed by atoms with Crippen LogP contribution in [0.1, 0.15) is 20.7 Å². The quantitative estimate of drug-likeness (QED) is 0.709. The number of hydrogen-bond donors (Lipinski definition) is 3. The molecule has 0 radical (unpaired) electrons. The molecule has 1 rings (SSSR count). The predicted molar refractivity (Wildman–Crippen MR) is 57.9 cm³/mol. The van der Waals surface area contributed by atoms with E-state index < -0.39 is 38.1 Å². The lowest BCUT2D eigenvalue weighted by Crippen LogP contribution is -2.11. The van der Waals surface area contributed by atoms with Gasteiger partial charge in [-0.1, -0.05) is 0 Å². The Morgan fingerprint density at radius 3 is 1.82 bits per heavy atom. The molecule has 0 bridgehead atoms. The summed E-state index contributed by atoms with van der Waals surface area (Å²) >= 11 is 2.74. The zero-order chi connectivity index (χ0) is 13.4. The molecular weight excluding hydrogens is 320 g/mol. The fourth-order valence-electron chi connectivity index (χ4n) is 1.10. The van der Waals surface area contributed by atoms with E-state index in [1.807, 2.05) is 0 Å². The first kappa shape index (κ1) is 13.6. The monoisotopic (exact) mass is 324 g/mol. The van der Waals surface area contributed by atoms with Gasteiger partial charge in [-0.25, -0.2) is 9.59 Å². The van der Waals surface area contributed by atoms with Gasteiger partial charge in [0.15, 0.2) is 0 Å². The molecule has 0 fully saturated rings. The van der Waals surface area contributed by atoms with E-state index in [1.54, 1.807) is 0 Å². The number of carbonyl (C=O) groups is 2. The Bertz CT molecular complexity index is 605. The van der Waals surface area contributed by atoms with Crippen LogP contribution in [0.2, 0.25) is 0 Å². The molecule has 0 unspecified atom stereocenters. The van der Waals surface area contributed by atoms with Crippen LogP contribution in [0, 0.1) is 0 Å². The van der Waals surface area contributed by atoms with Crippen LogP contribution in [-0.2, 0) is 10.1 Å². The molecule has 3 N–H and O–H groups in total. The van der Waals surface area contributed by atoms with Crippen LogP contribution in [0.5, 0.6) is 0 Å². The van der Waals surface area contributed by atoms with Gasteiger partial charge in [0.05, 0.1) is 11.1 Å². The molecule has 0 amide bonds. The van der Waals surface area contributed by atoms with Gasteiger partial charge in [-0.2, -0.15) is 8.42 Å². The first-order valence-corrected chi connectivity index (χ1v) is 6.15. The summed E-state index contributed by atoms with van der Waals surface area (Å²) < 4.78 is 30.4. The normalized spacial score (nSPS) is 11.2. The van der Waals surface area contributed by atoms with Crippen LogP contribution in [0.3, 0.4) is 0 Å². The van der Waals surface area contributed by atoms with Gasteiger partial charge in [0.25, 0.3) is 10.1 Å². The molecule has 0 aliphatic heterocycles. The fraction of sp³-hybridized carbons (Fsp3) is 0. The number of aromatic carboxylic acids is 2. The Labute approximate surface area is 104 Å². The average molecular weight is 325 g/mol. The van der Waals surface area contributed by atoms with Gasteiger partial charge >= 0.3 is 11.9 Å². The van der Waals surface area contributed by atoms with Crippen molar-refractivity contribution >= 4 is 38.0 Å². The highest BCUT2D eigenvalue weighted by Crippen LogP contribution is 2.26. The molecule has 92 valence electrons. The minimum Gasteiger partial charge on any atom is -0.478 e. The molecule has 1 aromatic carbocycles. The van der Waals surface area contributed by atoms with Crippen LogP contribution >= 0.6 is 15.9 Å². The SMILES string of the molecule is O=C(O)c1cc(Br)c(S(=O)(=O)O)cc1C(=O)O. The molecule has 0 aromatic heterocycles. The summed E-state index contributed by atoms with van der Waals surface area (Å²) in [7, 11) is -4.64. The van der Waals surface area contributed by atoms with E-state index in [0.29, 0.717) is 6.07 Å². The Morgan fingerprint density at radius 2 is 1.47 bits per heavy atom. The van der Waals surface area contributed by atoms with Gasteiger partial charge in [-0.05, 0) is 28.1 Å². The van der Waals surface area contributed by atoms with Gasteiger partial charge in [0, 0.05) is 4.47 Å². The van der Waals surface area contributed by atoms with E-state index in [-0.39, 0.29) is 4.47 Å². The number of benzene rings is 1. The first-order valence-electron chi connectivity index (χ1n) is 3.92. The largest absolute Gasteiger partial charge is 0.478 e. The summed E-state index contributed by atoms with van der Waals surface area (Å²) in [6, 6.07) is 1.38. The number of hydrogen-bond acceptors (Lipinski definition) is 4. The Morgan fingerprint density at radius 1 is 1.06 bits per heavy atom. The molecule has 0 aliphatic rings. The van der Waals surface area contributed by atoms with E-state index in [4.69, 9.17) is 14.8 Å². The molecule has 9 heteroatoms. The van der Waals surface area contributed by atoms with Crippen LogP contribution < -0.4 is 0 Å². The van der Waals surface area contributed by atoms with E-state index in [2.05, 4.69) is 15.9 Å². The van der Waals surface area contributed by atoms with Crippen molar-refractivity contribution in [3.63, 3.8) is 0 Å². The minimum atomic E-state index is -4.64. The molecule has 0 aliphatic carbocycles. The van der Waals surface area contributed by atoms with E-state index in [0.717, 1.165) is 6.07 Å². The summed E-state index contributed by atoms with van der Waals surface area (Å²) in [4.78, 5) is 20.8. The first-order chi connectivity index (χ1) is 7.64. The third kappa shape index (κ3) is 2.81. The summed E-state index contributed by atoms with van der Waals surface area (Å²) in [5.41, 5.74) is -1.31. The van der Waals surface area contributed by atoms with Gasteiger partial charge < -0.3 is 10.2 Å². The lowest BCUT2D eigenvalue weighted by Gasteiger charge is -2.06. The second-order valence-corrected chi connectivity index (χ2v) is 5.16.